The molecule has 0 N–H and O–H groups in total. The van der Waals surface area contributed by atoms with Crippen LogP contribution in [0.2, 0.25) is 0 Å². The van der Waals surface area contributed by atoms with Crippen LogP contribution in [0.1, 0.15) is 54.9 Å². The van der Waals surface area contributed by atoms with Gasteiger partial charge in [-0.1, -0.05) is 12.1 Å². The molecule has 0 unspecified atom stereocenters. The molecule has 7 nitrogen and oxygen atoms in total. The Bertz CT molecular complexity index is 1030. The molecule has 0 fully saturated rings. The molecule has 10 heteroatoms. The van der Waals surface area contributed by atoms with Crippen molar-refractivity contribution < 1.29 is 46.5 Å². The first kappa shape index (κ1) is 29.4. The average Bonchev–Trinajstić information content (AvgIpc) is 2.84. The molecule has 0 aliphatic heterocycles. The van der Waals surface area contributed by atoms with Crippen molar-refractivity contribution in [1.29, 1.82) is 0 Å². The van der Waals surface area contributed by atoms with Crippen LogP contribution in [0.5, 0.6) is 11.5 Å². The molecule has 0 aliphatic carbocycles. The van der Waals surface area contributed by atoms with Crippen molar-refractivity contribution >= 4 is 24.0 Å². The van der Waals surface area contributed by atoms with Gasteiger partial charge in [-0.25, -0.2) is 9.59 Å². The van der Waals surface area contributed by atoms with Gasteiger partial charge >= 0.3 is 24.1 Å². The van der Waals surface area contributed by atoms with Crippen molar-refractivity contribution in [3.05, 3.63) is 65.7 Å². The van der Waals surface area contributed by atoms with Crippen molar-refractivity contribution in [3.8, 4) is 11.5 Å². The van der Waals surface area contributed by atoms with Crippen LogP contribution >= 0.6 is 0 Å². The van der Waals surface area contributed by atoms with Gasteiger partial charge in [0.05, 0.1) is 31.8 Å². The van der Waals surface area contributed by atoms with Gasteiger partial charge in [0.15, 0.2) is 0 Å². The highest BCUT2D eigenvalue weighted by Crippen LogP contribution is 2.21. The maximum atomic E-state index is 12.3. The molecule has 0 atom stereocenters. The highest BCUT2D eigenvalue weighted by molar-refractivity contribution is 5.91. The number of carbonyl (C=O) groups excluding carboxylic acids is 3. The van der Waals surface area contributed by atoms with Crippen molar-refractivity contribution in [2.45, 2.75) is 45.2 Å². The first-order chi connectivity index (χ1) is 17.6. The van der Waals surface area contributed by atoms with E-state index in [1.165, 1.54) is 37.3 Å². The van der Waals surface area contributed by atoms with E-state index in [-0.39, 0.29) is 23.0 Å². The van der Waals surface area contributed by atoms with Crippen LogP contribution < -0.4 is 9.47 Å². The van der Waals surface area contributed by atoms with E-state index in [9.17, 15) is 27.6 Å². The van der Waals surface area contributed by atoms with Crippen LogP contribution in [-0.4, -0.2) is 43.9 Å². The third-order valence-corrected chi connectivity index (χ3v) is 4.84. The Hall–Kier alpha value is -3.82. The summed E-state index contributed by atoms with van der Waals surface area (Å²) in [6, 6.07) is 12.0. The smallest absolute Gasteiger partial charge is 0.392 e. The molecule has 0 bridgehead atoms. The lowest BCUT2D eigenvalue weighted by molar-refractivity contribution is -0.141. The van der Waals surface area contributed by atoms with Crippen LogP contribution in [-0.2, 0) is 19.1 Å². The number of unbranched alkanes of at least 4 members (excludes halogenated alkanes) is 3. The van der Waals surface area contributed by atoms with Crippen molar-refractivity contribution in [1.82, 2.24) is 0 Å². The van der Waals surface area contributed by atoms with Gasteiger partial charge in [-0.05, 0) is 73.7 Å². The van der Waals surface area contributed by atoms with Crippen LogP contribution in [0.15, 0.2) is 54.6 Å². The van der Waals surface area contributed by atoms with Gasteiger partial charge in [-0.3, -0.25) is 4.79 Å². The molecule has 0 heterocycles. The largest absolute Gasteiger partial charge is 0.493 e. The quantitative estimate of drug-likeness (QED) is 0.132. The molecule has 37 heavy (non-hydrogen) atoms. The minimum absolute atomic E-state index is 0.208. The molecule has 0 spiro atoms. The number of rotatable bonds is 14. The topological polar surface area (TPSA) is 88.1 Å². The van der Waals surface area contributed by atoms with E-state index in [0.29, 0.717) is 25.2 Å². The highest BCUT2D eigenvalue weighted by atomic mass is 19.4. The minimum Gasteiger partial charge on any atom is -0.493 e. The van der Waals surface area contributed by atoms with Gasteiger partial charge in [-0.15, -0.1) is 0 Å². The standard InChI is InChI=1S/C27H29F3O7/c1-20(31)34-17-4-2-3-5-18-36-25(32)15-8-21-6-11-24(12-7-21)37-26(33)22-9-13-23(14-10-22)35-19-16-27(28,29)30/h6-15H,2-5,16-19H2,1H3/b15-8+. The Morgan fingerprint density at radius 1 is 0.784 bits per heavy atom. The van der Waals surface area contributed by atoms with E-state index in [2.05, 4.69) is 0 Å². The summed E-state index contributed by atoms with van der Waals surface area (Å²) in [5.74, 6) is -0.907. The van der Waals surface area contributed by atoms with E-state index in [1.54, 1.807) is 30.3 Å². The van der Waals surface area contributed by atoms with Crippen LogP contribution in [0.4, 0.5) is 13.2 Å². The SMILES string of the molecule is CC(=O)OCCCCCCOC(=O)/C=C/c1ccc(OC(=O)c2ccc(OCCC(F)(F)F)cc2)cc1. The fourth-order valence-corrected chi connectivity index (χ4v) is 2.94. The second kappa shape index (κ2) is 15.3. The summed E-state index contributed by atoms with van der Waals surface area (Å²) in [4.78, 5) is 34.8. The zero-order valence-electron chi connectivity index (χ0n) is 20.4. The number of hydrogen-bond acceptors (Lipinski definition) is 7. The summed E-state index contributed by atoms with van der Waals surface area (Å²) in [6.45, 7) is 1.56. The molecule has 2 rings (SSSR count). The molecule has 2 aromatic carbocycles. The third kappa shape index (κ3) is 13.2. The number of halogens is 3. The van der Waals surface area contributed by atoms with E-state index < -0.39 is 31.1 Å². The molecule has 0 saturated carbocycles. The average molecular weight is 523 g/mol. The van der Waals surface area contributed by atoms with E-state index in [1.807, 2.05) is 0 Å². The number of hydrogen-bond donors (Lipinski definition) is 0. The highest BCUT2D eigenvalue weighted by Gasteiger charge is 2.26. The minimum atomic E-state index is -4.30. The van der Waals surface area contributed by atoms with Gasteiger partial charge in [-0.2, -0.15) is 13.2 Å². The Kier molecular flexibility index (Phi) is 12.2. The van der Waals surface area contributed by atoms with Crippen LogP contribution in [0.25, 0.3) is 6.08 Å². The van der Waals surface area contributed by atoms with Gasteiger partial charge in [0.25, 0.3) is 0 Å². The Labute approximate surface area is 213 Å². The number of carbonyl (C=O) groups is 3. The number of alkyl halides is 3. The summed E-state index contributed by atoms with van der Waals surface area (Å²) in [7, 11) is 0. The number of esters is 3. The Morgan fingerprint density at radius 2 is 1.38 bits per heavy atom. The summed E-state index contributed by atoms with van der Waals surface area (Å²) in [5, 5.41) is 0. The second-order valence-corrected chi connectivity index (χ2v) is 7.95. The number of benzene rings is 2. The fourth-order valence-electron chi connectivity index (χ4n) is 2.94. The number of ether oxygens (including phenoxy) is 4. The van der Waals surface area contributed by atoms with Crippen molar-refractivity contribution in [2.24, 2.45) is 0 Å². The van der Waals surface area contributed by atoms with Gasteiger partial charge in [0, 0.05) is 13.0 Å². The molecule has 0 amide bonds. The normalized spacial score (nSPS) is 11.2. The zero-order chi connectivity index (χ0) is 27.1. The summed E-state index contributed by atoms with van der Waals surface area (Å²) in [5.41, 5.74) is 0.905. The lowest BCUT2D eigenvalue weighted by Gasteiger charge is -2.09. The molecule has 0 aromatic heterocycles. The summed E-state index contributed by atoms with van der Waals surface area (Å²) >= 11 is 0. The van der Waals surface area contributed by atoms with Crippen molar-refractivity contribution in [2.75, 3.05) is 19.8 Å². The third-order valence-electron chi connectivity index (χ3n) is 4.84. The molecule has 200 valence electrons. The van der Waals surface area contributed by atoms with Crippen LogP contribution in [0, 0.1) is 0 Å². The van der Waals surface area contributed by atoms with E-state index in [0.717, 1.165) is 19.3 Å². The Balaban J connectivity index is 1.69. The van der Waals surface area contributed by atoms with E-state index in [4.69, 9.17) is 18.9 Å². The fraction of sp³-hybridized carbons (Fsp3) is 0.370. The molecule has 2 aromatic rings. The van der Waals surface area contributed by atoms with Crippen LogP contribution in [0.3, 0.4) is 0 Å². The molecule has 0 saturated heterocycles. The maximum Gasteiger partial charge on any atom is 0.392 e. The first-order valence-corrected chi connectivity index (χ1v) is 11.7. The second-order valence-electron chi connectivity index (χ2n) is 7.95. The van der Waals surface area contributed by atoms with Gasteiger partial charge < -0.3 is 18.9 Å². The monoisotopic (exact) mass is 522 g/mol. The Morgan fingerprint density at radius 3 is 1.97 bits per heavy atom. The van der Waals surface area contributed by atoms with Crippen molar-refractivity contribution in [3.63, 3.8) is 0 Å². The molecular weight excluding hydrogens is 493 g/mol. The molecule has 0 aliphatic rings. The maximum absolute atomic E-state index is 12.3. The van der Waals surface area contributed by atoms with Gasteiger partial charge in [0.1, 0.15) is 11.5 Å². The lowest BCUT2D eigenvalue weighted by Crippen LogP contribution is -2.13. The van der Waals surface area contributed by atoms with E-state index >= 15 is 0 Å². The summed E-state index contributed by atoms with van der Waals surface area (Å²) < 4.78 is 56.8. The molecule has 0 radical (unpaired) electrons. The lowest BCUT2D eigenvalue weighted by atomic mass is 10.2. The zero-order valence-corrected chi connectivity index (χ0v) is 20.4. The first-order valence-electron chi connectivity index (χ1n) is 11.7. The van der Waals surface area contributed by atoms with Gasteiger partial charge in [0.2, 0.25) is 0 Å². The predicted octanol–water partition coefficient (Wildman–Crippen LogP) is 5.92. The predicted molar refractivity (Wildman–Crippen MR) is 129 cm³/mol. The summed E-state index contributed by atoms with van der Waals surface area (Å²) in [6.07, 6.45) is 0.742. The molecular formula is C27H29F3O7.